The largest absolute Gasteiger partial charge is 1.00 e. The number of hydrogen-bond donors (Lipinski definition) is 1. The Labute approximate surface area is 185 Å². The zero-order valence-electron chi connectivity index (χ0n) is 16.7. The van der Waals surface area contributed by atoms with Crippen LogP contribution in [-0.4, -0.2) is 43.7 Å². The van der Waals surface area contributed by atoms with Crippen molar-refractivity contribution in [1.29, 1.82) is 0 Å². The fourth-order valence-corrected chi connectivity index (χ4v) is 4.62. The minimum Gasteiger partial charge on any atom is -0.545 e. The van der Waals surface area contributed by atoms with E-state index in [1.807, 2.05) is 15.5 Å². The number of carboxylic acids is 1. The van der Waals surface area contributed by atoms with Crippen LogP contribution in [0.5, 0.6) is 0 Å². The van der Waals surface area contributed by atoms with Crippen molar-refractivity contribution in [2.24, 2.45) is 0 Å². The van der Waals surface area contributed by atoms with Gasteiger partial charge in [0, 0.05) is 42.9 Å². The fraction of sp³-hybridized carbons (Fsp3) is 0.333. The number of imidazole rings is 1. The summed E-state index contributed by atoms with van der Waals surface area (Å²) in [6.07, 6.45) is 6.99. The van der Waals surface area contributed by atoms with Gasteiger partial charge in [-0.2, -0.15) is 0 Å². The molecule has 2 atom stereocenters. The Morgan fingerprint density at radius 1 is 1.17 bits per heavy atom. The van der Waals surface area contributed by atoms with E-state index in [9.17, 15) is 14.7 Å². The summed E-state index contributed by atoms with van der Waals surface area (Å²) in [5.74, 6) is 0.321. The molecule has 0 saturated carbocycles. The number of aromatic nitrogens is 3. The molecule has 1 amide bonds. The van der Waals surface area contributed by atoms with Gasteiger partial charge in [-0.3, -0.25) is 9.20 Å². The number of carbonyl (C=O) groups excluding carboxylic acids is 2. The number of anilines is 1. The van der Waals surface area contributed by atoms with Gasteiger partial charge in [0.05, 0.1) is 5.97 Å². The van der Waals surface area contributed by atoms with E-state index in [0.717, 1.165) is 30.7 Å². The molecule has 8 nitrogen and oxygen atoms in total. The van der Waals surface area contributed by atoms with Crippen molar-refractivity contribution in [1.82, 2.24) is 19.3 Å². The van der Waals surface area contributed by atoms with Gasteiger partial charge in [-0.05, 0) is 24.8 Å². The SMILES string of the molecule is Nc1nccn2c([C@@H]3CC[C@H]4CCC(=O)N4C3)nc(-c3ccc(C(=O)[O-])cc3)c12.[Li+]. The van der Waals surface area contributed by atoms with Crippen LogP contribution in [-0.2, 0) is 4.79 Å². The van der Waals surface area contributed by atoms with E-state index in [4.69, 9.17) is 10.7 Å². The maximum Gasteiger partial charge on any atom is 1.00 e. The van der Waals surface area contributed by atoms with Gasteiger partial charge >= 0.3 is 18.9 Å². The smallest absolute Gasteiger partial charge is 0.545 e. The molecule has 0 radical (unpaired) electrons. The Hall–Kier alpha value is -2.82. The van der Waals surface area contributed by atoms with E-state index in [1.165, 1.54) is 12.1 Å². The molecule has 1 aromatic carbocycles. The van der Waals surface area contributed by atoms with Gasteiger partial charge in [-0.25, -0.2) is 9.97 Å². The van der Waals surface area contributed by atoms with Crippen LogP contribution in [0.15, 0.2) is 36.7 Å². The summed E-state index contributed by atoms with van der Waals surface area (Å²) in [7, 11) is 0. The maximum absolute atomic E-state index is 12.2. The van der Waals surface area contributed by atoms with Gasteiger partial charge in [0.2, 0.25) is 5.91 Å². The van der Waals surface area contributed by atoms with Crippen LogP contribution < -0.4 is 29.7 Å². The number of nitrogens with two attached hydrogens (primary N) is 1. The molecule has 30 heavy (non-hydrogen) atoms. The van der Waals surface area contributed by atoms with Crippen LogP contribution in [0.2, 0.25) is 0 Å². The second kappa shape index (κ2) is 7.78. The number of nitrogen functional groups attached to an aromatic ring is 1. The van der Waals surface area contributed by atoms with Crippen molar-refractivity contribution in [3.05, 3.63) is 48.0 Å². The van der Waals surface area contributed by atoms with Gasteiger partial charge in [0.1, 0.15) is 22.9 Å². The van der Waals surface area contributed by atoms with Gasteiger partial charge in [-0.15, -0.1) is 0 Å². The predicted octanol–water partition coefficient (Wildman–Crippen LogP) is -1.79. The minimum absolute atomic E-state index is 0. The number of amides is 1. The molecular weight excluding hydrogens is 377 g/mol. The molecular formula is C21H20LiN5O3. The Morgan fingerprint density at radius 2 is 1.93 bits per heavy atom. The summed E-state index contributed by atoms with van der Waals surface area (Å²) < 4.78 is 1.95. The molecule has 2 aromatic heterocycles. The van der Waals surface area contributed by atoms with E-state index in [-0.39, 0.29) is 36.2 Å². The van der Waals surface area contributed by atoms with Crippen LogP contribution in [0.4, 0.5) is 5.82 Å². The summed E-state index contributed by atoms with van der Waals surface area (Å²) in [5, 5.41) is 11.1. The van der Waals surface area contributed by atoms with Crippen molar-refractivity contribution in [3.8, 4) is 11.3 Å². The number of aromatic carboxylic acids is 1. The van der Waals surface area contributed by atoms with Crippen LogP contribution >= 0.6 is 0 Å². The van der Waals surface area contributed by atoms with Crippen LogP contribution in [0.25, 0.3) is 16.8 Å². The van der Waals surface area contributed by atoms with E-state index >= 15 is 0 Å². The second-order valence-corrected chi connectivity index (χ2v) is 7.73. The molecule has 0 spiro atoms. The van der Waals surface area contributed by atoms with Crippen molar-refractivity contribution < 1.29 is 33.6 Å². The van der Waals surface area contributed by atoms with E-state index in [0.29, 0.717) is 36.0 Å². The molecule has 5 rings (SSSR count). The Kier molecular flexibility index (Phi) is 5.30. The number of fused-ring (bicyclic) bond motifs is 2. The molecule has 0 bridgehead atoms. The summed E-state index contributed by atoms with van der Waals surface area (Å²) in [6.45, 7) is 0.661. The van der Waals surface area contributed by atoms with E-state index < -0.39 is 5.97 Å². The van der Waals surface area contributed by atoms with Gasteiger partial charge in [0.25, 0.3) is 0 Å². The number of rotatable bonds is 3. The standard InChI is InChI=1S/C21H21N5O3.Li/c22-19-18-17(12-1-3-13(4-2-12)21(28)29)24-20(25(18)10-9-23-19)14-5-6-15-7-8-16(27)26(15)11-14;/h1-4,9-10,14-15H,5-8,11H2,(H2,22,23)(H,28,29);/q;+1/p-1/t14-,15+;/m1./s1. The first-order chi connectivity index (χ1) is 14.0. The molecule has 3 aromatic rings. The van der Waals surface area contributed by atoms with Crippen LogP contribution in [0.3, 0.4) is 0 Å². The molecule has 148 valence electrons. The number of nitrogens with zero attached hydrogens (tertiary/aromatic N) is 4. The number of carbonyl (C=O) groups is 2. The quantitative estimate of drug-likeness (QED) is 0.522. The number of carboxylic acid groups (broad SMARTS) is 1. The third-order valence-corrected chi connectivity index (χ3v) is 6.09. The number of benzene rings is 1. The van der Waals surface area contributed by atoms with Crippen molar-refractivity contribution in [2.75, 3.05) is 12.3 Å². The van der Waals surface area contributed by atoms with Gasteiger partial charge in [-0.1, -0.05) is 24.3 Å². The van der Waals surface area contributed by atoms with Crippen LogP contribution in [0, 0.1) is 0 Å². The van der Waals surface area contributed by atoms with Crippen molar-refractivity contribution >= 4 is 23.2 Å². The topological polar surface area (TPSA) is 117 Å². The third kappa shape index (κ3) is 3.26. The number of hydrogen-bond acceptors (Lipinski definition) is 6. The first kappa shape index (κ1) is 20.5. The average Bonchev–Trinajstić information content (AvgIpc) is 3.30. The molecule has 0 unspecified atom stereocenters. The molecule has 9 heteroatoms. The predicted molar refractivity (Wildman–Crippen MR) is 104 cm³/mol. The summed E-state index contributed by atoms with van der Waals surface area (Å²) in [6, 6.07) is 6.75. The monoisotopic (exact) mass is 397 g/mol. The zero-order valence-corrected chi connectivity index (χ0v) is 16.7. The average molecular weight is 397 g/mol. The molecule has 2 N–H and O–H groups in total. The first-order valence-corrected chi connectivity index (χ1v) is 9.76. The fourth-order valence-electron chi connectivity index (χ4n) is 4.62. The van der Waals surface area contributed by atoms with Crippen molar-refractivity contribution in [3.63, 3.8) is 0 Å². The summed E-state index contributed by atoms with van der Waals surface area (Å²) in [4.78, 5) is 34.4. The maximum atomic E-state index is 12.2. The van der Waals surface area contributed by atoms with E-state index in [1.54, 1.807) is 18.3 Å². The normalized spacial score (nSPS) is 20.8. The second-order valence-electron chi connectivity index (χ2n) is 7.73. The Morgan fingerprint density at radius 3 is 2.67 bits per heavy atom. The number of piperidine rings is 1. The minimum atomic E-state index is -1.22. The molecule has 2 saturated heterocycles. The molecule has 2 fully saturated rings. The van der Waals surface area contributed by atoms with Crippen molar-refractivity contribution in [2.45, 2.75) is 37.6 Å². The van der Waals surface area contributed by atoms with Gasteiger partial charge < -0.3 is 20.5 Å². The zero-order chi connectivity index (χ0) is 20.1. The molecule has 4 heterocycles. The molecule has 2 aliphatic rings. The Bertz CT molecular complexity index is 1130. The first-order valence-electron chi connectivity index (χ1n) is 9.76. The third-order valence-electron chi connectivity index (χ3n) is 6.09. The Balaban J connectivity index is 0.00000218. The van der Waals surface area contributed by atoms with E-state index in [2.05, 4.69) is 4.98 Å². The molecule has 2 aliphatic heterocycles. The van der Waals surface area contributed by atoms with Gasteiger partial charge in [0.15, 0.2) is 0 Å². The summed E-state index contributed by atoms with van der Waals surface area (Å²) in [5.41, 5.74) is 8.39. The molecule has 0 aliphatic carbocycles. The summed E-state index contributed by atoms with van der Waals surface area (Å²) >= 11 is 0. The van der Waals surface area contributed by atoms with Crippen LogP contribution in [0.1, 0.15) is 47.8 Å².